The lowest BCUT2D eigenvalue weighted by atomic mass is 9.86. The van der Waals surface area contributed by atoms with Crippen LogP contribution in [0.5, 0.6) is 5.75 Å². The minimum absolute atomic E-state index is 0.0375. The fourth-order valence-electron chi connectivity index (χ4n) is 5.22. The second kappa shape index (κ2) is 10.0. The van der Waals surface area contributed by atoms with Crippen LogP contribution in [0.25, 0.3) is 11.3 Å². The lowest BCUT2D eigenvalue weighted by Gasteiger charge is -2.27. The summed E-state index contributed by atoms with van der Waals surface area (Å²) in [4.78, 5) is 28.8. The number of aromatic nitrogens is 1. The van der Waals surface area contributed by atoms with Crippen molar-refractivity contribution in [1.82, 2.24) is 4.98 Å². The molecule has 2 atom stereocenters. The van der Waals surface area contributed by atoms with E-state index in [4.69, 9.17) is 9.84 Å². The Balaban J connectivity index is 1.38. The van der Waals surface area contributed by atoms with Crippen LogP contribution in [0.15, 0.2) is 54.7 Å². The number of aliphatic carboxylic acids is 1. The van der Waals surface area contributed by atoms with Crippen LogP contribution in [0.4, 0.5) is 5.69 Å². The van der Waals surface area contributed by atoms with Gasteiger partial charge in [0.2, 0.25) is 5.91 Å². The molecule has 3 aromatic rings. The zero-order valence-corrected chi connectivity index (χ0v) is 20.2. The number of carboxylic acids is 1. The first-order valence-electron chi connectivity index (χ1n) is 12.3. The van der Waals surface area contributed by atoms with Crippen LogP contribution in [0.3, 0.4) is 0 Å². The molecule has 0 radical (unpaired) electrons. The summed E-state index contributed by atoms with van der Waals surface area (Å²) >= 11 is 0. The molecule has 1 aliphatic heterocycles. The monoisotopic (exact) mass is 497 g/mol. The van der Waals surface area contributed by atoms with E-state index in [0.29, 0.717) is 37.1 Å². The number of nitriles is 1. The Morgan fingerprint density at radius 2 is 2.05 bits per heavy atom. The predicted octanol–water partition coefficient (Wildman–Crippen LogP) is 4.20. The number of fused-ring (bicyclic) bond motifs is 2. The van der Waals surface area contributed by atoms with Crippen LogP contribution in [0.1, 0.15) is 47.9 Å². The molecule has 1 amide bonds. The number of nitrogens with zero attached hydrogens (tertiary/aromatic N) is 2. The first kappa shape index (κ1) is 24.5. The molecule has 8 nitrogen and oxygen atoms in total. The molecule has 8 heteroatoms. The number of nitrogens with one attached hydrogen (secondary N) is 1. The van der Waals surface area contributed by atoms with Crippen molar-refractivity contribution in [3.63, 3.8) is 0 Å². The van der Waals surface area contributed by atoms with E-state index in [9.17, 15) is 20.0 Å². The number of carbonyl (C=O) groups excluding carboxylic acids is 1. The number of carbonyl (C=O) groups is 2. The van der Waals surface area contributed by atoms with Gasteiger partial charge in [-0.25, -0.2) is 0 Å². The van der Waals surface area contributed by atoms with Crippen molar-refractivity contribution in [3.8, 4) is 23.1 Å². The number of ether oxygens (including phenoxy) is 1. The number of hydrogen-bond acceptors (Lipinski definition) is 6. The van der Waals surface area contributed by atoms with Gasteiger partial charge in [-0.05, 0) is 73.2 Å². The second-order valence-corrected chi connectivity index (χ2v) is 9.65. The zero-order chi connectivity index (χ0) is 26.0. The Kier molecular flexibility index (Phi) is 6.64. The molecular weight excluding hydrogens is 470 g/mol. The summed E-state index contributed by atoms with van der Waals surface area (Å²) in [6.07, 6.45) is 4.04. The van der Waals surface area contributed by atoms with Crippen molar-refractivity contribution in [3.05, 3.63) is 77.0 Å². The van der Waals surface area contributed by atoms with Crippen LogP contribution in [-0.4, -0.2) is 33.7 Å². The van der Waals surface area contributed by atoms with Gasteiger partial charge in [0.15, 0.2) is 0 Å². The molecule has 0 bridgehead atoms. The normalized spacial score (nSPS) is 19.4. The molecule has 0 saturated heterocycles. The standard InChI is InChI=1S/C29H27N3O5/c30-15-18-4-6-20(2-1-3-27(34)35)25(12-18)32-28(36)23-14-29(23)10-11-37-26-9-7-21(13-22(26)29)24-8-5-19(17-33)16-31-24/h4-9,12-13,16,23,33H,1-3,10-11,14,17H2,(H,32,36)(H,34,35)/t23-,29-/m0/s1. The van der Waals surface area contributed by atoms with Gasteiger partial charge in [0, 0.05) is 40.8 Å². The average Bonchev–Trinajstić information content (AvgIpc) is 3.64. The largest absolute Gasteiger partial charge is 0.493 e. The van der Waals surface area contributed by atoms with Crippen LogP contribution >= 0.6 is 0 Å². The maximum atomic E-state index is 13.5. The number of amides is 1. The van der Waals surface area contributed by atoms with Gasteiger partial charge in [-0.3, -0.25) is 14.6 Å². The second-order valence-electron chi connectivity index (χ2n) is 9.65. The predicted molar refractivity (Wildman–Crippen MR) is 136 cm³/mol. The Morgan fingerprint density at radius 3 is 2.78 bits per heavy atom. The fourth-order valence-corrected chi connectivity index (χ4v) is 5.22. The Morgan fingerprint density at radius 1 is 1.19 bits per heavy atom. The summed E-state index contributed by atoms with van der Waals surface area (Å²) in [6.45, 7) is 0.466. The van der Waals surface area contributed by atoms with Crippen LogP contribution in [0, 0.1) is 17.2 Å². The molecule has 2 aromatic carbocycles. The topological polar surface area (TPSA) is 133 Å². The van der Waals surface area contributed by atoms with Crippen molar-refractivity contribution < 1.29 is 24.5 Å². The maximum Gasteiger partial charge on any atom is 0.303 e. The fraction of sp³-hybridized carbons (Fsp3) is 0.310. The first-order valence-corrected chi connectivity index (χ1v) is 12.3. The van der Waals surface area contributed by atoms with Crippen LogP contribution in [0.2, 0.25) is 0 Å². The highest BCUT2D eigenvalue weighted by atomic mass is 16.5. The van der Waals surface area contributed by atoms with Gasteiger partial charge in [-0.1, -0.05) is 12.1 Å². The van der Waals surface area contributed by atoms with Crippen molar-refractivity contribution >= 4 is 17.6 Å². The molecule has 1 saturated carbocycles. The molecule has 37 heavy (non-hydrogen) atoms. The molecule has 2 aliphatic rings. The first-order chi connectivity index (χ1) is 17.9. The Bertz CT molecular complexity index is 1400. The maximum absolute atomic E-state index is 13.5. The molecule has 1 spiro atoms. The zero-order valence-electron chi connectivity index (χ0n) is 20.2. The SMILES string of the molecule is N#Cc1ccc(CCCC(=O)O)c(NC(=O)[C@@H]2C[C@]23CCOc2ccc(-c4ccc(CO)cn4)cc23)c1. The van der Waals surface area contributed by atoms with Crippen molar-refractivity contribution in [2.24, 2.45) is 5.92 Å². The number of rotatable bonds is 8. The Hall–Kier alpha value is -4.22. The van der Waals surface area contributed by atoms with E-state index < -0.39 is 5.97 Å². The summed E-state index contributed by atoms with van der Waals surface area (Å²) in [7, 11) is 0. The van der Waals surface area contributed by atoms with E-state index in [1.165, 1.54) is 0 Å². The van der Waals surface area contributed by atoms with Gasteiger partial charge in [-0.2, -0.15) is 5.26 Å². The number of aliphatic hydroxyl groups excluding tert-OH is 1. The smallest absolute Gasteiger partial charge is 0.303 e. The highest BCUT2D eigenvalue weighted by molar-refractivity contribution is 5.97. The van der Waals surface area contributed by atoms with E-state index in [1.807, 2.05) is 24.3 Å². The number of anilines is 1. The van der Waals surface area contributed by atoms with Gasteiger partial charge in [-0.15, -0.1) is 0 Å². The molecule has 0 unspecified atom stereocenters. The number of hydrogen-bond donors (Lipinski definition) is 3. The number of pyridine rings is 1. The third-order valence-corrected chi connectivity index (χ3v) is 7.35. The van der Waals surface area contributed by atoms with Gasteiger partial charge in [0.05, 0.1) is 30.5 Å². The molecule has 5 rings (SSSR count). The molecule has 1 aliphatic carbocycles. The number of benzene rings is 2. The summed E-state index contributed by atoms with van der Waals surface area (Å²) in [5.74, 6) is -0.444. The van der Waals surface area contributed by atoms with Gasteiger partial charge in [0.1, 0.15) is 5.75 Å². The van der Waals surface area contributed by atoms with Crippen molar-refractivity contribution in [1.29, 1.82) is 5.26 Å². The highest BCUT2D eigenvalue weighted by Crippen LogP contribution is 2.61. The summed E-state index contributed by atoms with van der Waals surface area (Å²) in [6, 6.07) is 16.9. The molecule has 3 N–H and O–H groups in total. The van der Waals surface area contributed by atoms with Crippen LogP contribution < -0.4 is 10.1 Å². The van der Waals surface area contributed by atoms with E-state index >= 15 is 0 Å². The van der Waals surface area contributed by atoms with E-state index in [0.717, 1.165) is 40.1 Å². The van der Waals surface area contributed by atoms with Crippen molar-refractivity contribution in [2.45, 2.75) is 44.1 Å². The third-order valence-electron chi connectivity index (χ3n) is 7.35. The summed E-state index contributed by atoms with van der Waals surface area (Å²) in [5, 5.41) is 30.6. The van der Waals surface area contributed by atoms with Gasteiger partial charge >= 0.3 is 5.97 Å². The summed E-state index contributed by atoms with van der Waals surface area (Å²) in [5.41, 5.74) is 4.92. The number of aliphatic hydroxyl groups is 1. The average molecular weight is 498 g/mol. The lowest BCUT2D eigenvalue weighted by Crippen LogP contribution is -2.27. The van der Waals surface area contributed by atoms with Gasteiger partial charge in [0.25, 0.3) is 0 Å². The molecule has 2 heterocycles. The molecular formula is C29H27N3O5. The minimum atomic E-state index is -0.865. The quantitative estimate of drug-likeness (QED) is 0.425. The number of aryl methyl sites for hydroxylation is 1. The lowest BCUT2D eigenvalue weighted by molar-refractivity contribution is -0.137. The van der Waals surface area contributed by atoms with E-state index in [1.54, 1.807) is 24.4 Å². The van der Waals surface area contributed by atoms with E-state index in [2.05, 4.69) is 22.4 Å². The molecule has 1 fully saturated rings. The molecule has 1 aromatic heterocycles. The third kappa shape index (κ3) is 4.91. The Labute approximate surface area is 214 Å². The number of carboxylic acid groups (broad SMARTS) is 1. The molecule has 188 valence electrons. The highest BCUT2D eigenvalue weighted by Gasteiger charge is 2.61. The van der Waals surface area contributed by atoms with Gasteiger partial charge < -0.3 is 20.3 Å². The minimum Gasteiger partial charge on any atom is -0.493 e. The van der Waals surface area contributed by atoms with Crippen molar-refractivity contribution in [2.75, 3.05) is 11.9 Å². The van der Waals surface area contributed by atoms with Crippen LogP contribution in [-0.2, 0) is 28.0 Å². The summed E-state index contributed by atoms with van der Waals surface area (Å²) < 4.78 is 5.92. The van der Waals surface area contributed by atoms with E-state index in [-0.39, 0.29) is 30.3 Å².